The largest absolute Gasteiger partial charge is 0.496 e. The molecule has 3 aromatic rings. The number of para-hydroxylation sites is 1. The van der Waals surface area contributed by atoms with Crippen molar-refractivity contribution in [2.45, 2.75) is 38.3 Å². The zero-order valence-corrected chi connectivity index (χ0v) is 17.9. The summed E-state index contributed by atoms with van der Waals surface area (Å²) in [5, 5.41) is 3.17. The molecule has 1 aromatic heterocycles. The van der Waals surface area contributed by atoms with Crippen LogP contribution in [0.5, 0.6) is 5.75 Å². The van der Waals surface area contributed by atoms with Crippen molar-refractivity contribution in [2.75, 3.05) is 19.5 Å². The summed E-state index contributed by atoms with van der Waals surface area (Å²) in [5.41, 5.74) is 9.17. The fraction of sp³-hybridized carbons (Fsp3) is 0.391. The predicted molar refractivity (Wildman–Crippen MR) is 118 cm³/mol. The third-order valence-corrected chi connectivity index (χ3v) is 5.62. The molecule has 2 aromatic carbocycles. The summed E-state index contributed by atoms with van der Waals surface area (Å²) in [6.45, 7) is 4.73. The fourth-order valence-electron chi connectivity index (χ4n) is 4.24. The lowest BCUT2D eigenvalue weighted by Crippen LogP contribution is -2.45. The number of anilines is 1. The van der Waals surface area contributed by atoms with Gasteiger partial charge in [0.15, 0.2) is 0 Å². The van der Waals surface area contributed by atoms with Crippen LogP contribution in [0, 0.1) is 0 Å². The van der Waals surface area contributed by atoms with E-state index in [1.165, 1.54) is 0 Å². The van der Waals surface area contributed by atoms with Crippen LogP contribution in [-0.2, 0) is 11.8 Å². The molecule has 0 bridgehead atoms. The van der Waals surface area contributed by atoms with Gasteiger partial charge in [0.1, 0.15) is 11.6 Å². The number of hydrogen-bond acceptors (Lipinski definition) is 5. The number of nitrogens with zero attached hydrogens (tertiary/aromatic N) is 2. The first-order valence-electron chi connectivity index (χ1n) is 10.1. The molecule has 158 valence electrons. The van der Waals surface area contributed by atoms with Crippen LogP contribution in [-0.4, -0.2) is 40.8 Å². The Bertz CT molecular complexity index is 1100. The SMILES string of the molecule is COc1ccccc1-c1nc2cc(N)cc(C(=O)N[C@H]3CCOC(C)(C)C3)c2n1C. The first-order chi connectivity index (χ1) is 14.3. The molecular formula is C23H28N4O3. The van der Waals surface area contributed by atoms with E-state index in [1.807, 2.05) is 49.7 Å². The van der Waals surface area contributed by atoms with Crippen molar-refractivity contribution < 1.29 is 14.3 Å². The number of nitrogen functional groups attached to an aromatic ring is 1. The quantitative estimate of drug-likeness (QED) is 0.645. The van der Waals surface area contributed by atoms with Crippen LogP contribution in [0.2, 0.25) is 0 Å². The van der Waals surface area contributed by atoms with Crippen molar-refractivity contribution in [1.82, 2.24) is 14.9 Å². The number of hydrogen-bond donors (Lipinski definition) is 2. The molecule has 7 heteroatoms. The van der Waals surface area contributed by atoms with Crippen LogP contribution in [0.15, 0.2) is 36.4 Å². The molecule has 1 atom stereocenters. The van der Waals surface area contributed by atoms with E-state index in [-0.39, 0.29) is 17.6 Å². The zero-order valence-electron chi connectivity index (χ0n) is 17.9. The Kier molecular flexibility index (Phi) is 5.15. The highest BCUT2D eigenvalue weighted by Crippen LogP contribution is 2.33. The first kappa shape index (κ1) is 20.2. The fourth-order valence-corrected chi connectivity index (χ4v) is 4.24. The summed E-state index contributed by atoms with van der Waals surface area (Å²) in [6.07, 6.45) is 1.56. The second kappa shape index (κ2) is 7.65. The summed E-state index contributed by atoms with van der Waals surface area (Å²) >= 11 is 0. The van der Waals surface area contributed by atoms with E-state index >= 15 is 0 Å². The van der Waals surface area contributed by atoms with Gasteiger partial charge in [0, 0.05) is 25.4 Å². The van der Waals surface area contributed by atoms with Crippen LogP contribution in [0.4, 0.5) is 5.69 Å². The van der Waals surface area contributed by atoms with Gasteiger partial charge in [-0.1, -0.05) is 12.1 Å². The molecule has 0 spiro atoms. The van der Waals surface area contributed by atoms with Gasteiger partial charge in [-0.2, -0.15) is 0 Å². The molecule has 0 unspecified atom stereocenters. The molecule has 1 aliphatic heterocycles. The number of imidazole rings is 1. The van der Waals surface area contributed by atoms with E-state index in [1.54, 1.807) is 19.2 Å². The van der Waals surface area contributed by atoms with Gasteiger partial charge in [-0.25, -0.2) is 4.98 Å². The van der Waals surface area contributed by atoms with Crippen molar-refractivity contribution in [3.63, 3.8) is 0 Å². The Hall–Kier alpha value is -3.06. The Morgan fingerprint density at radius 1 is 1.33 bits per heavy atom. The minimum atomic E-state index is -0.245. The summed E-state index contributed by atoms with van der Waals surface area (Å²) in [6, 6.07) is 11.3. The third-order valence-electron chi connectivity index (χ3n) is 5.62. The average molecular weight is 409 g/mol. The zero-order chi connectivity index (χ0) is 21.5. The molecule has 1 saturated heterocycles. The maximum absolute atomic E-state index is 13.2. The van der Waals surface area contributed by atoms with Crippen LogP contribution >= 0.6 is 0 Å². The number of methoxy groups -OCH3 is 1. The second-order valence-electron chi connectivity index (χ2n) is 8.40. The molecular weight excluding hydrogens is 380 g/mol. The van der Waals surface area contributed by atoms with Crippen molar-refractivity contribution >= 4 is 22.6 Å². The maximum Gasteiger partial charge on any atom is 0.253 e. The monoisotopic (exact) mass is 408 g/mol. The number of amides is 1. The van der Waals surface area contributed by atoms with Gasteiger partial charge in [0.2, 0.25) is 0 Å². The number of ether oxygens (including phenoxy) is 2. The third kappa shape index (κ3) is 3.73. The van der Waals surface area contributed by atoms with Gasteiger partial charge in [-0.15, -0.1) is 0 Å². The highest BCUT2D eigenvalue weighted by Gasteiger charge is 2.30. The lowest BCUT2D eigenvalue weighted by Gasteiger charge is -2.35. The Morgan fingerprint density at radius 2 is 2.10 bits per heavy atom. The van der Waals surface area contributed by atoms with Crippen LogP contribution < -0.4 is 15.8 Å². The van der Waals surface area contributed by atoms with E-state index < -0.39 is 0 Å². The topological polar surface area (TPSA) is 91.4 Å². The van der Waals surface area contributed by atoms with Gasteiger partial charge in [-0.05, 0) is 51.0 Å². The van der Waals surface area contributed by atoms with Crippen molar-refractivity contribution in [2.24, 2.45) is 7.05 Å². The number of carbonyl (C=O) groups excluding carboxylic acids is 1. The number of nitrogens with two attached hydrogens (primary N) is 1. The predicted octanol–water partition coefficient (Wildman–Crippen LogP) is 3.52. The van der Waals surface area contributed by atoms with E-state index in [2.05, 4.69) is 5.32 Å². The molecule has 3 N–H and O–H groups in total. The smallest absolute Gasteiger partial charge is 0.253 e. The lowest BCUT2D eigenvalue weighted by molar-refractivity contribution is -0.0615. The Morgan fingerprint density at radius 3 is 2.83 bits per heavy atom. The van der Waals surface area contributed by atoms with E-state index in [9.17, 15) is 4.79 Å². The maximum atomic E-state index is 13.2. The number of aromatic nitrogens is 2. The van der Waals surface area contributed by atoms with E-state index in [0.717, 1.165) is 29.7 Å². The van der Waals surface area contributed by atoms with Crippen LogP contribution in [0.25, 0.3) is 22.4 Å². The summed E-state index contributed by atoms with van der Waals surface area (Å²) < 4.78 is 13.2. The minimum Gasteiger partial charge on any atom is -0.496 e. The van der Waals surface area contributed by atoms with Crippen molar-refractivity contribution in [3.8, 4) is 17.1 Å². The Balaban J connectivity index is 1.75. The van der Waals surface area contributed by atoms with Gasteiger partial charge < -0.3 is 25.1 Å². The number of nitrogens with one attached hydrogen (secondary N) is 1. The highest BCUT2D eigenvalue weighted by atomic mass is 16.5. The molecule has 2 heterocycles. The summed E-state index contributed by atoms with van der Waals surface area (Å²) in [4.78, 5) is 18.0. The Labute approximate surface area is 176 Å². The highest BCUT2D eigenvalue weighted by molar-refractivity contribution is 6.07. The van der Waals surface area contributed by atoms with Crippen molar-refractivity contribution in [1.29, 1.82) is 0 Å². The molecule has 0 saturated carbocycles. The molecule has 1 fully saturated rings. The molecule has 1 amide bonds. The molecule has 1 aliphatic rings. The summed E-state index contributed by atoms with van der Waals surface area (Å²) in [5.74, 6) is 1.29. The van der Waals surface area contributed by atoms with E-state index in [4.69, 9.17) is 20.2 Å². The van der Waals surface area contributed by atoms with Gasteiger partial charge >= 0.3 is 0 Å². The van der Waals surface area contributed by atoms with Crippen LogP contribution in [0.3, 0.4) is 0 Å². The normalized spacial score (nSPS) is 18.3. The lowest BCUT2D eigenvalue weighted by atomic mass is 9.93. The van der Waals surface area contributed by atoms with Crippen molar-refractivity contribution in [3.05, 3.63) is 42.0 Å². The van der Waals surface area contributed by atoms with E-state index in [0.29, 0.717) is 29.2 Å². The van der Waals surface area contributed by atoms with Gasteiger partial charge in [0.05, 0.1) is 34.9 Å². The summed E-state index contributed by atoms with van der Waals surface area (Å²) in [7, 11) is 3.54. The molecule has 4 rings (SSSR count). The number of carbonyl (C=O) groups is 1. The first-order valence-corrected chi connectivity index (χ1v) is 10.1. The number of rotatable bonds is 4. The standard InChI is InChI=1S/C23H28N4O3/c1-23(2)13-15(9-10-30-23)25-22(28)17-11-14(24)12-18-20(17)27(3)21(26-18)16-7-5-6-8-19(16)29-4/h5-8,11-12,15H,9-10,13,24H2,1-4H3,(H,25,28)/t15-/m0/s1. The average Bonchev–Trinajstić information content (AvgIpc) is 3.02. The molecule has 0 aliphatic carbocycles. The van der Waals surface area contributed by atoms with Gasteiger partial charge in [0.25, 0.3) is 5.91 Å². The molecule has 0 radical (unpaired) electrons. The minimum absolute atomic E-state index is 0.0552. The number of benzene rings is 2. The number of aryl methyl sites for hydroxylation is 1. The number of fused-ring (bicyclic) bond motifs is 1. The second-order valence-corrected chi connectivity index (χ2v) is 8.40. The molecule has 7 nitrogen and oxygen atoms in total. The molecule has 30 heavy (non-hydrogen) atoms. The van der Waals surface area contributed by atoms with Crippen LogP contribution in [0.1, 0.15) is 37.0 Å². The van der Waals surface area contributed by atoms with Gasteiger partial charge in [-0.3, -0.25) is 4.79 Å².